The van der Waals surface area contributed by atoms with Crippen LogP contribution in [0.2, 0.25) is 0 Å². The molecule has 0 amide bonds. The van der Waals surface area contributed by atoms with Crippen LogP contribution in [0.5, 0.6) is 0 Å². The lowest BCUT2D eigenvalue weighted by Gasteiger charge is -2.28. The highest BCUT2D eigenvalue weighted by atomic mass is 15.4. The number of hydrazine groups is 1. The summed E-state index contributed by atoms with van der Waals surface area (Å²) >= 11 is 0. The molecule has 4 heteroatoms. The van der Waals surface area contributed by atoms with E-state index in [0.29, 0.717) is 6.04 Å². The topological polar surface area (TPSA) is 53.6 Å². The monoisotopic (exact) mass is 198 g/mol. The average Bonchev–Trinajstić information content (AvgIpc) is 2.94. The van der Waals surface area contributed by atoms with Crippen LogP contribution in [0.4, 0.5) is 0 Å². The number of nitrogens with one attached hydrogen (secondary N) is 1. The number of hydrogen-bond acceptors (Lipinski definition) is 2. The van der Waals surface area contributed by atoms with Gasteiger partial charge in [0.05, 0.1) is 0 Å². The molecule has 0 saturated heterocycles. The molecule has 0 bridgehead atoms. The molecule has 0 heterocycles. The maximum atomic E-state index is 5.46. The van der Waals surface area contributed by atoms with E-state index in [0.717, 1.165) is 11.9 Å². The standard InChI is InChI=1S/C10H22N4/c1-7(2)12-10(13-11)14(4)8(3)9-5-6-9/h7-9H,5-6,11H2,1-4H3,(H,12,13). The average molecular weight is 198 g/mol. The summed E-state index contributed by atoms with van der Waals surface area (Å²) < 4.78 is 0. The molecule has 1 aliphatic carbocycles. The summed E-state index contributed by atoms with van der Waals surface area (Å²) in [7, 11) is 2.05. The van der Waals surface area contributed by atoms with Gasteiger partial charge < -0.3 is 4.90 Å². The molecule has 14 heavy (non-hydrogen) atoms. The van der Waals surface area contributed by atoms with Crippen molar-refractivity contribution in [2.75, 3.05) is 7.05 Å². The molecule has 0 aromatic rings. The predicted molar refractivity (Wildman–Crippen MR) is 59.8 cm³/mol. The fraction of sp³-hybridized carbons (Fsp3) is 0.900. The van der Waals surface area contributed by atoms with Gasteiger partial charge in [0.25, 0.3) is 0 Å². The van der Waals surface area contributed by atoms with E-state index in [1.54, 1.807) is 0 Å². The van der Waals surface area contributed by atoms with E-state index in [-0.39, 0.29) is 6.04 Å². The van der Waals surface area contributed by atoms with Crippen molar-refractivity contribution in [1.29, 1.82) is 0 Å². The molecule has 1 unspecified atom stereocenters. The van der Waals surface area contributed by atoms with E-state index < -0.39 is 0 Å². The van der Waals surface area contributed by atoms with Gasteiger partial charge in [-0.1, -0.05) is 0 Å². The summed E-state index contributed by atoms with van der Waals surface area (Å²) in [6.45, 7) is 6.32. The number of nitrogens with two attached hydrogens (primary N) is 1. The smallest absolute Gasteiger partial charge is 0.208 e. The third-order valence-electron chi connectivity index (χ3n) is 2.76. The Morgan fingerprint density at radius 2 is 2.00 bits per heavy atom. The Bertz CT molecular complexity index is 208. The number of rotatable bonds is 3. The highest BCUT2D eigenvalue weighted by Crippen LogP contribution is 2.34. The summed E-state index contributed by atoms with van der Waals surface area (Å²) in [5.41, 5.74) is 2.67. The fourth-order valence-corrected chi connectivity index (χ4v) is 1.56. The van der Waals surface area contributed by atoms with Gasteiger partial charge in [0, 0.05) is 19.1 Å². The van der Waals surface area contributed by atoms with Crippen molar-refractivity contribution in [2.45, 2.75) is 45.7 Å². The van der Waals surface area contributed by atoms with Crippen molar-refractivity contribution < 1.29 is 0 Å². The van der Waals surface area contributed by atoms with Gasteiger partial charge in [-0.25, -0.2) is 10.8 Å². The van der Waals surface area contributed by atoms with E-state index in [1.807, 2.05) is 20.9 Å². The lowest BCUT2D eigenvalue weighted by molar-refractivity contribution is 0.341. The number of guanidine groups is 1. The molecule has 0 aromatic heterocycles. The van der Waals surface area contributed by atoms with Crippen LogP contribution in [0, 0.1) is 5.92 Å². The Morgan fingerprint density at radius 3 is 2.36 bits per heavy atom. The quantitative estimate of drug-likeness (QED) is 0.307. The predicted octanol–water partition coefficient (Wildman–Crippen LogP) is 0.944. The van der Waals surface area contributed by atoms with Gasteiger partial charge in [0.2, 0.25) is 5.96 Å². The first kappa shape index (κ1) is 11.3. The zero-order valence-corrected chi connectivity index (χ0v) is 9.62. The van der Waals surface area contributed by atoms with Gasteiger partial charge in [0.15, 0.2) is 0 Å². The lowest BCUT2D eigenvalue weighted by Crippen LogP contribution is -2.47. The molecule has 1 saturated carbocycles. The van der Waals surface area contributed by atoms with Crippen molar-refractivity contribution in [2.24, 2.45) is 16.8 Å². The van der Waals surface area contributed by atoms with Crippen LogP contribution in [0.3, 0.4) is 0 Å². The Morgan fingerprint density at radius 1 is 1.43 bits per heavy atom. The first-order valence-electron chi connectivity index (χ1n) is 5.33. The minimum atomic E-state index is 0.273. The summed E-state index contributed by atoms with van der Waals surface area (Å²) in [4.78, 5) is 6.57. The van der Waals surface area contributed by atoms with Gasteiger partial charge in [-0.3, -0.25) is 5.43 Å². The Kier molecular flexibility index (Phi) is 3.75. The van der Waals surface area contributed by atoms with Gasteiger partial charge in [-0.15, -0.1) is 0 Å². The SMILES string of the molecule is CC(C)N=C(NN)N(C)C(C)C1CC1. The van der Waals surface area contributed by atoms with Gasteiger partial charge >= 0.3 is 0 Å². The number of aliphatic imine (C=N–C) groups is 1. The number of nitrogens with zero attached hydrogens (tertiary/aromatic N) is 2. The van der Waals surface area contributed by atoms with Crippen LogP contribution in [-0.4, -0.2) is 30.0 Å². The van der Waals surface area contributed by atoms with Crippen LogP contribution in [-0.2, 0) is 0 Å². The third kappa shape index (κ3) is 2.87. The third-order valence-corrected chi connectivity index (χ3v) is 2.76. The van der Waals surface area contributed by atoms with E-state index in [4.69, 9.17) is 5.84 Å². The Labute approximate surface area is 86.5 Å². The molecule has 0 radical (unpaired) electrons. The molecule has 1 atom stereocenters. The van der Waals surface area contributed by atoms with E-state index in [1.165, 1.54) is 12.8 Å². The van der Waals surface area contributed by atoms with Gasteiger partial charge in [0.1, 0.15) is 0 Å². The maximum Gasteiger partial charge on any atom is 0.208 e. The van der Waals surface area contributed by atoms with Crippen molar-refractivity contribution in [3.63, 3.8) is 0 Å². The van der Waals surface area contributed by atoms with Crippen LogP contribution in [0.1, 0.15) is 33.6 Å². The molecular formula is C10H22N4. The molecule has 3 N–H and O–H groups in total. The summed E-state index contributed by atoms with van der Waals surface area (Å²) in [6, 6.07) is 0.804. The molecule has 0 spiro atoms. The van der Waals surface area contributed by atoms with E-state index in [9.17, 15) is 0 Å². The van der Waals surface area contributed by atoms with Crippen LogP contribution >= 0.6 is 0 Å². The lowest BCUT2D eigenvalue weighted by atomic mass is 10.2. The second kappa shape index (κ2) is 4.64. The summed E-state index contributed by atoms with van der Waals surface area (Å²) in [6.07, 6.45) is 2.68. The second-order valence-electron chi connectivity index (χ2n) is 4.38. The molecular weight excluding hydrogens is 176 g/mol. The van der Waals surface area contributed by atoms with Crippen molar-refractivity contribution in [1.82, 2.24) is 10.3 Å². The van der Waals surface area contributed by atoms with Crippen LogP contribution < -0.4 is 11.3 Å². The fourth-order valence-electron chi connectivity index (χ4n) is 1.56. The zero-order chi connectivity index (χ0) is 10.7. The van der Waals surface area contributed by atoms with Crippen molar-refractivity contribution in [3.05, 3.63) is 0 Å². The highest BCUT2D eigenvalue weighted by Gasteiger charge is 2.31. The van der Waals surface area contributed by atoms with Crippen LogP contribution in [0.15, 0.2) is 4.99 Å². The number of hydrogen-bond donors (Lipinski definition) is 2. The van der Waals surface area contributed by atoms with Gasteiger partial charge in [-0.05, 0) is 39.5 Å². The second-order valence-corrected chi connectivity index (χ2v) is 4.38. The summed E-state index contributed by atoms with van der Waals surface area (Å²) in [5.74, 6) is 7.07. The largest absolute Gasteiger partial charge is 0.342 e. The van der Waals surface area contributed by atoms with E-state index >= 15 is 0 Å². The minimum absolute atomic E-state index is 0.273. The molecule has 4 nitrogen and oxygen atoms in total. The minimum Gasteiger partial charge on any atom is -0.342 e. The van der Waals surface area contributed by atoms with Crippen LogP contribution in [0.25, 0.3) is 0 Å². The van der Waals surface area contributed by atoms with Crippen molar-refractivity contribution >= 4 is 5.96 Å². The maximum absolute atomic E-state index is 5.46. The summed E-state index contributed by atoms with van der Waals surface area (Å²) in [5, 5.41) is 0. The zero-order valence-electron chi connectivity index (χ0n) is 9.62. The molecule has 1 rings (SSSR count). The molecule has 0 aliphatic heterocycles. The normalized spacial score (nSPS) is 19.7. The van der Waals surface area contributed by atoms with E-state index in [2.05, 4.69) is 22.2 Å². The highest BCUT2D eigenvalue weighted by molar-refractivity contribution is 5.79. The van der Waals surface area contributed by atoms with Gasteiger partial charge in [-0.2, -0.15) is 0 Å². The molecule has 82 valence electrons. The first-order valence-corrected chi connectivity index (χ1v) is 5.33. The first-order chi connectivity index (χ1) is 6.56. The Balaban J connectivity index is 2.58. The molecule has 1 aliphatic rings. The van der Waals surface area contributed by atoms with Crippen molar-refractivity contribution in [3.8, 4) is 0 Å². The Hall–Kier alpha value is -0.770. The molecule has 1 fully saturated rings. The molecule has 0 aromatic carbocycles.